The van der Waals surface area contributed by atoms with Crippen molar-refractivity contribution < 1.29 is 9.84 Å². The van der Waals surface area contributed by atoms with Gasteiger partial charge >= 0.3 is 0 Å². The molecule has 0 aliphatic carbocycles. The second kappa shape index (κ2) is 3.52. The van der Waals surface area contributed by atoms with Crippen LogP contribution >= 0.6 is 0 Å². The lowest BCUT2D eigenvalue weighted by Gasteiger charge is -2.34. The molecule has 0 aromatic heterocycles. The smallest absolute Gasteiger partial charge is 0.156 e. The lowest BCUT2D eigenvalue weighted by Crippen LogP contribution is -2.41. The van der Waals surface area contributed by atoms with E-state index < -0.39 is 6.29 Å². The molecule has 0 spiro atoms. The van der Waals surface area contributed by atoms with E-state index in [2.05, 4.69) is 4.90 Å². The first-order valence-corrected chi connectivity index (χ1v) is 4.09. The normalized spacial score (nSPS) is 39.5. The van der Waals surface area contributed by atoms with Crippen molar-refractivity contribution in [2.75, 3.05) is 14.1 Å². The van der Waals surface area contributed by atoms with E-state index in [9.17, 15) is 5.11 Å². The van der Waals surface area contributed by atoms with Crippen LogP contribution in [0.3, 0.4) is 0 Å². The molecule has 1 N–H and O–H groups in total. The van der Waals surface area contributed by atoms with Crippen LogP contribution in [0.15, 0.2) is 0 Å². The highest BCUT2D eigenvalue weighted by Crippen LogP contribution is 2.20. The van der Waals surface area contributed by atoms with Crippen LogP contribution in [0.1, 0.15) is 19.8 Å². The van der Waals surface area contributed by atoms with Gasteiger partial charge in [-0.1, -0.05) is 0 Å². The molecule has 1 fully saturated rings. The van der Waals surface area contributed by atoms with Gasteiger partial charge in [0.15, 0.2) is 6.29 Å². The van der Waals surface area contributed by atoms with Gasteiger partial charge in [-0.05, 0) is 27.4 Å². The highest BCUT2D eigenvalue weighted by atomic mass is 16.6. The van der Waals surface area contributed by atoms with E-state index in [1.807, 2.05) is 21.0 Å². The molecular formula is C8H17NO2. The Morgan fingerprint density at radius 3 is 2.45 bits per heavy atom. The zero-order chi connectivity index (χ0) is 8.43. The molecule has 0 amide bonds. The van der Waals surface area contributed by atoms with Crippen LogP contribution in [-0.2, 0) is 4.74 Å². The van der Waals surface area contributed by atoms with E-state index >= 15 is 0 Å². The third-order valence-corrected chi connectivity index (χ3v) is 2.20. The Kier molecular flexibility index (Phi) is 2.87. The minimum absolute atomic E-state index is 0.186. The molecule has 66 valence electrons. The molecule has 0 aromatic carbocycles. The summed E-state index contributed by atoms with van der Waals surface area (Å²) in [5.41, 5.74) is 0. The van der Waals surface area contributed by atoms with Crippen LogP contribution in [0.2, 0.25) is 0 Å². The predicted molar refractivity (Wildman–Crippen MR) is 43.3 cm³/mol. The fraction of sp³-hybridized carbons (Fsp3) is 1.00. The molecule has 1 rings (SSSR count). The molecule has 3 atom stereocenters. The van der Waals surface area contributed by atoms with Crippen molar-refractivity contribution in [2.45, 2.75) is 38.2 Å². The summed E-state index contributed by atoms with van der Waals surface area (Å²) in [6.07, 6.45) is 1.37. The third kappa shape index (κ3) is 2.43. The molecule has 0 radical (unpaired) electrons. The van der Waals surface area contributed by atoms with Gasteiger partial charge in [0.25, 0.3) is 0 Å². The van der Waals surface area contributed by atoms with Crippen molar-refractivity contribution in [3.8, 4) is 0 Å². The Hall–Kier alpha value is -0.120. The fourth-order valence-electron chi connectivity index (χ4n) is 1.51. The first kappa shape index (κ1) is 8.97. The van der Waals surface area contributed by atoms with Gasteiger partial charge in [-0.25, -0.2) is 0 Å². The zero-order valence-electron chi connectivity index (χ0n) is 7.45. The summed E-state index contributed by atoms with van der Waals surface area (Å²) < 4.78 is 5.20. The highest BCUT2D eigenvalue weighted by molar-refractivity contribution is 4.75. The predicted octanol–water partition coefficient (Wildman–Crippen LogP) is 0.434. The molecule has 1 heterocycles. The number of ether oxygens (including phenoxy) is 1. The number of nitrogens with zero attached hydrogens (tertiary/aromatic N) is 1. The highest BCUT2D eigenvalue weighted by Gasteiger charge is 2.26. The maximum atomic E-state index is 9.25. The van der Waals surface area contributed by atoms with Crippen LogP contribution in [0.5, 0.6) is 0 Å². The summed E-state index contributed by atoms with van der Waals surface area (Å²) in [6, 6.07) is 0.466. The molecule has 1 saturated heterocycles. The number of rotatable bonds is 1. The molecule has 3 nitrogen and oxygen atoms in total. The quantitative estimate of drug-likeness (QED) is 0.602. The topological polar surface area (TPSA) is 32.7 Å². The van der Waals surface area contributed by atoms with Gasteiger partial charge in [0.05, 0.1) is 6.10 Å². The van der Waals surface area contributed by atoms with Crippen molar-refractivity contribution in [1.29, 1.82) is 0 Å². The van der Waals surface area contributed by atoms with E-state index in [0.717, 1.165) is 12.8 Å². The standard InChI is InChI=1S/C8H17NO2/c1-6-4-7(9(2)3)5-8(10)11-6/h6-8,10H,4-5H2,1-3H3/t6-,7+,8?/m1/s1. The van der Waals surface area contributed by atoms with Gasteiger partial charge in [-0.2, -0.15) is 0 Å². The van der Waals surface area contributed by atoms with Gasteiger partial charge in [-0.15, -0.1) is 0 Å². The van der Waals surface area contributed by atoms with Crippen LogP contribution in [-0.4, -0.2) is 42.5 Å². The minimum Gasteiger partial charge on any atom is -0.368 e. The molecule has 1 aliphatic heterocycles. The Morgan fingerprint density at radius 1 is 1.36 bits per heavy atom. The number of aliphatic hydroxyl groups is 1. The van der Waals surface area contributed by atoms with Crippen LogP contribution < -0.4 is 0 Å². The summed E-state index contributed by atoms with van der Waals surface area (Å²) in [6.45, 7) is 2.00. The van der Waals surface area contributed by atoms with Crippen molar-refractivity contribution in [2.24, 2.45) is 0 Å². The monoisotopic (exact) mass is 159 g/mol. The van der Waals surface area contributed by atoms with Crippen molar-refractivity contribution in [3.63, 3.8) is 0 Å². The van der Waals surface area contributed by atoms with E-state index in [4.69, 9.17) is 4.74 Å². The summed E-state index contributed by atoms with van der Waals surface area (Å²) >= 11 is 0. The van der Waals surface area contributed by atoms with Crippen LogP contribution in [0.25, 0.3) is 0 Å². The number of aliphatic hydroxyl groups excluding tert-OH is 1. The Bertz CT molecular complexity index is 117. The lowest BCUT2D eigenvalue weighted by molar-refractivity contribution is -0.172. The molecule has 0 aromatic rings. The summed E-state index contributed by atoms with van der Waals surface area (Å²) in [5, 5.41) is 9.25. The zero-order valence-corrected chi connectivity index (χ0v) is 7.45. The van der Waals surface area contributed by atoms with Gasteiger partial charge in [0.2, 0.25) is 0 Å². The Morgan fingerprint density at radius 2 is 2.00 bits per heavy atom. The third-order valence-electron chi connectivity index (χ3n) is 2.20. The largest absolute Gasteiger partial charge is 0.368 e. The van der Waals surface area contributed by atoms with Crippen molar-refractivity contribution >= 4 is 0 Å². The minimum atomic E-state index is -0.564. The van der Waals surface area contributed by atoms with Gasteiger partial charge in [0, 0.05) is 12.5 Å². The molecule has 11 heavy (non-hydrogen) atoms. The Balaban J connectivity index is 2.43. The summed E-state index contributed by atoms with van der Waals surface area (Å²) in [5.74, 6) is 0. The van der Waals surface area contributed by atoms with Gasteiger partial charge < -0.3 is 14.7 Å². The summed E-state index contributed by atoms with van der Waals surface area (Å²) in [7, 11) is 4.07. The Labute approximate surface area is 68.0 Å². The molecule has 3 heteroatoms. The molecule has 0 bridgehead atoms. The second-order valence-corrected chi connectivity index (χ2v) is 3.49. The number of hydrogen-bond acceptors (Lipinski definition) is 3. The van der Waals surface area contributed by atoms with E-state index in [0.29, 0.717) is 6.04 Å². The molecule has 1 aliphatic rings. The number of hydrogen-bond donors (Lipinski definition) is 1. The molecular weight excluding hydrogens is 142 g/mol. The SMILES string of the molecule is C[C@@H]1C[C@H](N(C)C)CC(O)O1. The van der Waals surface area contributed by atoms with E-state index in [-0.39, 0.29) is 6.10 Å². The molecule has 0 saturated carbocycles. The fourth-order valence-corrected chi connectivity index (χ4v) is 1.51. The maximum Gasteiger partial charge on any atom is 0.156 e. The van der Waals surface area contributed by atoms with Crippen molar-refractivity contribution in [1.82, 2.24) is 4.90 Å². The van der Waals surface area contributed by atoms with Gasteiger partial charge in [-0.3, -0.25) is 0 Å². The van der Waals surface area contributed by atoms with Gasteiger partial charge in [0.1, 0.15) is 0 Å². The first-order valence-electron chi connectivity index (χ1n) is 4.09. The van der Waals surface area contributed by atoms with Crippen LogP contribution in [0, 0.1) is 0 Å². The lowest BCUT2D eigenvalue weighted by atomic mass is 10.0. The average Bonchev–Trinajstić information content (AvgIpc) is 1.85. The first-order chi connectivity index (χ1) is 5.09. The average molecular weight is 159 g/mol. The van der Waals surface area contributed by atoms with Crippen LogP contribution in [0.4, 0.5) is 0 Å². The summed E-state index contributed by atoms with van der Waals surface area (Å²) in [4.78, 5) is 2.14. The van der Waals surface area contributed by atoms with E-state index in [1.165, 1.54) is 0 Å². The van der Waals surface area contributed by atoms with Crippen molar-refractivity contribution in [3.05, 3.63) is 0 Å². The second-order valence-electron chi connectivity index (χ2n) is 3.49. The van der Waals surface area contributed by atoms with E-state index in [1.54, 1.807) is 0 Å². The molecule has 1 unspecified atom stereocenters. The maximum absolute atomic E-state index is 9.25.